The third kappa shape index (κ3) is 4.88. The summed E-state index contributed by atoms with van der Waals surface area (Å²) in [6.45, 7) is 0. The molecule has 0 radical (unpaired) electrons. The summed E-state index contributed by atoms with van der Waals surface area (Å²) in [6.07, 6.45) is -7.35. The van der Waals surface area contributed by atoms with Crippen LogP contribution in [0.4, 0.5) is 26.3 Å². The first-order valence-electron chi connectivity index (χ1n) is 8.07. The van der Waals surface area contributed by atoms with Crippen molar-refractivity contribution in [3.63, 3.8) is 0 Å². The molecule has 0 bridgehead atoms. The zero-order valence-corrected chi connectivity index (χ0v) is 16.2. The summed E-state index contributed by atoms with van der Waals surface area (Å²) in [7, 11) is 0. The second kappa shape index (κ2) is 7.95. The molecule has 30 heavy (non-hydrogen) atoms. The number of nitrogens with zero attached hydrogens (tertiary/aromatic N) is 3. The Hall–Kier alpha value is -3.13. The predicted octanol–water partition coefficient (Wildman–Crippen LogP) is 6.31. The van der Waals surface area contributed by atoms with Crippen molar-refractivity contribution in [1.82, 2.24) is 15.4 Å². The molecule has 1 aromatic heterocycles. The Bertz CT molecular complexity index is 1120. The molecule has 0 spiro atoms. The van der Waals surface area contributed by atoms with Gasteiger partial charge in [0.2, 0.25) is 0 Å². The molecule has 1 N–H and O–H groups in total. The van der Waals surface area contributed by atoms with Gasteiger partial charge in [-0.25, -0.2) is 5.10 Å². The van der Waals surface area contributed by atoms with Crippen LogP contribution in [-0.2, 0) is 12.4 Å². The van der Waals surface area contributed by atoms with Gasteiger partial charge in [0.05, 0.1) is 11.1 Å². The number of hydrogen-bond acceptors (Lipinski definition) is 3. The molecule has 1 heterocycles. The summed E-state index contributed by atoms with van der Waals surface area (Å²) >= 11 is 3.27. The van der Waals surface area contributed by atoms with E-state index in [4.69, 9.17) is 5.26 Å². The van der Waals surface area contributed by atoms with E-state index in [1.807, 2.05) is 6.07 Å². The van der Waals surface area contributed by atoms with Crippen LogP contribution in [-0.4, -0.2) is 15.4 Å². The molecule has 0 saturated carbocycles. The van der Waals surface area contributed by atoms with Crippen molar-refractivity contribution in [3.05, 3.63) is 68.8 Å². The van der Waals surface area contributed by atoms with Crippen LogP contribution in [0, 0.1) is 11.3 Å². The van der Waals surface area contributed by atoms with Crippen molar-refractivity contribution in [3.8, 4) is 17.3 Å². The minimum absolute atomic E-state index is 0.0720. The fourth-order valence-electron chi connectivity index (χ4n) is 2.62. The topological polar surface area (TPSA) is 65.4 Å². The maximum atomic E-state index is 13.0. The normalized spacial score (nSPS) is 12.3. The average Bonchev–Trinajstić information content (AvgIpc) is 3.13. The van der Waals surface area contributed by atoms with Crippen molar-refractivity contribution in [2.45, 2.75) is 12.4 Å². The van der Waals surface area contributed by atoms with Gasteiger partial charge in [-0.05, 0) is 47.5 Å². The molecule has 3 rings (SSSR count). The van der Waals surface area contributed by atoms with Gasteiger partial charge in [-0.1, -0.05) is 33.3 Å². The number of aromatic amines is 1. The molecule has 4 nitrogen and oxygen atoms in total. The van der Waals surface area contributed by atoms with Crippen molar-refractivity contribution >= 4 is 28.1 Å². The molecule has 0 amide bonds. The molecule has 0 fully saturated rings. The lowest BCUT2D eigenvalue weighted by Crippen LogP contribution is -2.11. The van der Waals surface area contributed by atoms with E-state index >= 15 is 0 Å². The predicted molar refractivity (Wildman–Crippen MR) is 99.6 cm³/mol. The molecule has 0 atom stereocenters. The standard InChI is InChI=1S/C19H9BrF6N4/c20-15-6-10(3-12(7-15)17-16(9-27)28-30-29-17)1-2-11-4-13(18(21,22)23)8-14(5-11)19(24,25)26/h1-8H,(H,28,29,30)/b2-1+. The monoisotopic (exact) mass is 486 g/mol. The van der Waals surface area contributed by atoms with E-state index in [2.05, 4.69) is 31.3 Å². The molecule has 3 aromatic rings. The fourth-order valence-corrected chi connectivity index (χ4v) is 3.13. The summed E-state index contributed by atoms with van der Waals surface area (Å²) in [5, 5.41) is 18.9. The SMILES string of the molecule is N#Cc1[nH]nnc1-c1cc(Br)cc(/C=C/c2cc(C(F)(F)F)cc(C(F)(F)F)c2)c1. The smallest absolute Gasteiger partial charge is 0.247 e. The quantitative estimate of drug-likeness (QED) is 0.348. The van der Waals surface area contributed by atoms with Crippen LogP contribution < -0.4 is 0 Å². The maximum Gasteiger partial charge on any atom is 0.416 e. The van der Waals surface area contributed by atoms with Crippen LogP contribution in [0.15, 0.2) is 40.9 Å². The van der Waals surface area contributed by atoms with Gasteiger partial charge in [0.1, 0.15) is 11.8 Å². The van der Waals surface area contributed by atoms with Crippen LogP contribution in [0.25, 0.3) is 23.4 Å². The highest BCUT2D eigenvalue weighted by molar-refractivity contribution is 9.10. The lowest BCUT2D eigenvalue weighted by atomic mass is 10.0. The second-order valence-electron chi connectivity index (χ2n) is 6.09. The van der Waals surface area contributed by atoms with E-state index in [0.29, 0.717) is 27.7 Å². The lowest BCUT2D eigenvalue weighted by Gasteiger charge is -2.13. The number of nitriles is 1. The molecule has 0 aliphatic rings. The van der Waals surface area contributed by atoms with Crippen molar-refractivity contribution < 1.29 is 26.3 Å². The summed E-state index contributed by atoms with van der Waals surface area (Å²) in [6, 6.07) is 8.04. The van der Waals surface area contributed by atoms with Crippen LogP contribution in [0.2, 0.25) is 0 Å². The Balaban J connectivity index is 2.03. The molecule has 11 heteroatoms. The Morgan fingerprint density at radius 1 is 0.867 bits per heavy atom. The number of H-pyrrole nitrogens is 1. The van der Waals surface area contributed by atoms with E-state index in [-0.39, 0.29) is 23.0 Å². The van der Waals surface area contributed by atoms with Crippen molar-refractivity contribution in [2.24, 2.45) is 0 Å². The van der Waals surface area contributed by atoms with Gasteiger partial charge >= 0.3 is 12.4 Å². The number of halogens is 7. The second-order valence-corrected chi connectivity index (χ2v) is 7.01. The Kier molecular flexibility index (Phi) is 5.72. The molecule has 154 valence electrons. The molecular formula is C19H9BrF6N4. The van der Waals surface area contributed by atoms with E-state index in [1.165, 1.54) is 6.08 Å². The summed E-state index contributed by atoms with van der Waals surface area (Å²) < 4.78 is 78.5. The first-order valence-corrected chi connectivity index (χ1v) is 8.86. The summed E-state index contributed by atoms with van der Waals surface area (Å²) in [5.41, 5.74) is -1.76. The molecule has 0 saturated heterocycles. The van der Waals surface area contributed by atoms with Crippen LogP contribution >= 0.6 is 15.9 Å². The Morgan fingerprint density at radius 2 is 1.43 bits per heavy atom. The largest absolute Gasteiger partial charge is 0.416 e. The minimum Gasteiger partial charge on any atom is -0.247 e. The first kappa shape index (κ1) is 21.6. The fraction of sp³-hybridized carbons (Fsp3) is 0.105. The van der Waals surface area contributed by atoms with Gasteiger partial charge in [0, 0.05) is 10.0 Å². The summed E-state index contributed by atoms with van der Waals surface area (Å²) in [4.78, 5) is 0. The maximum absolute atomic E-state index is 13.0. The number of alkyl halides is 6. The summed E-state index contributed by atoms with van der Waals surface area (Å²) in [5.74, 6) is 0. The highest BCUT2D eigenvalue weighted by Gasteiger charge is 2.36. The van der Waals surface area contributed by atoms with Gasteiger partial charge < -0.3 is 0 Å². The third-order valence-electron chi connectivity index (χ3n) is 3.93. The van der Waals surface area contributed by atoms with Crippen LogP contribution in [0.5, 0.6) is 0 Å². The Morgan fingerprint density at radius 3 is 1.97 bits per heavy atom. The van der Waals surface area contributed by atoms with Crippen LogP contribution in [0.1, 0.15) is 27.9 Å². The molecule has 0 unspecified atom stereocenters. The Labute approximate surface area is 174 Å². The molecule has 0 aliphatic carbocycles. The number of benzene rings is 2. The van der Waals surface area contributed by atoms with E-state index in [0.717, 1.165) is 6.08 Å². The highest BCUT2D eigenvalue weighted by atomic mass is 79.9. The first-order chi connectivity index (χ1) is 14.0. The number of nitrogens with one attached hydrogen (secondary N) is 1. The highest BCUT2D eigenvalue weighted by Crippen LogP contribution is 2.36. The van der Waals surface area contributed by atoms with Gasteiger partial charge in [0.25, 0.3) is 0 Å². The van der Waals surface area contributed by atoms with Crippen molar-refractivity contribution in [2.75, 3.05) is 0 Å². The minimum atomic E-state index is -4.92. The van der Waals surface area contributed by atoms with Crippen LogP contribution in [0.3, 0.4) is 0 Å². The average molecular weight is 487 g/mol. The molecule has 0 aliphatic heterocycles. The van der Waals surface area contributed by atoms with E-state index in [1.54, 1.807) is 18.2 Å². The van der Waals surface area contributed by atoms with E-state index < -0.39 is 23.5 Å². The van der Waals surface area contributed by atoms with Gasteiger partial charge in [0.15, 0.2) is 5.69 Å². The zero-order valence-electron chi connectivity index (χ0n) is 14.6. The zero-order chi connectivity index (χ0) is 22.1. The van der Waals surface area contributed by atoms with Gasteiger partial charge in [-0.3, -0.25) is 0 Å². The van der Waals surface area contributed by atoms with Gasteiger partial charge in [-0.2, -0.15) is 31.6 Å². The van der Waals surface area contributed by atoms with E-state index in [9.17, 15) is 26.3 Å². The lowest BCUT2D eigenvalue weighted by molar-refractivity contribution is -0.143. The van der Waals surface area contributed by atoms with Gasteiger partial charge in [-0.15, -0.1) is 5.10 Å². The molecular weight excluding hydrogens is 478 g/mol. The third-order valence-corrected chi connectivity index (χ3v) is 4.39. The number of hydrogen-bond donors (Lipinski definition) is 1. The molecule has 2 aromatic carbocycles. The number of aromatic nitrogens is 3. The number of rotatable bonds is 3. The van der Waals surface area contributed by atoms with Crippen molar-refractivity contribution in [1.29, 1.82) is 5.26 Å².